The van der Waals surface area contributed by atoms with Gasteiger partial charge in [0.05, 0.1) is 17.6 Å². The number of para-hydroxylation sites is 1. The average Bonchev–Trinajstić information content (AvgIpc) is 2.49. The summed E-state index contributed by atoms with van der Waals surface area (Å²) in [6, 6.07) is 4.33. The molecule has 0 saturated heterocycles. The Morgan fingerprint density at radius 3 is 2.67 bits per heavy atom. The third-order valence-corrected chi connectivity index (χ3v) is 3.75. The van der Waals surface area contributed by atoms with E-state index >= 15 is 0 Å². The molecule has 21 heavy (non-hydrogen) atoms. The van der Waals surface area contributed by atoms with Crippen LogP contribution in [0.2, 0.25) is 0 Å². The lowest BCUT2D eigenvalue weighted by Crippen LogP contribution is -2.25. The summed E-state index contributed by atoms with van der Waals surface area (Å²) in [4.78, 5) is 22.4. The third kappa shape index (κ3) is 5.49. The molecule has 0 radical (unpaired) electrons. The monoisotopic (exact) mass is 406 g/mol. The molecule has 0 spiro atoms. The molecule has 0 aromatic heterocycles. The number of carbonyl (C=O) groups excluding carboxylic acids is 1. The van der Waals surface area contributed by atoms with Crippen LogP contribution in [0, 0.1) is 10.1 Å². The van der Waals surface area contributed by atoms with Crippen molar-refractivity contribution < 1.29 is 14.5 Å². The van der Waals surface area contributed by atoms with E-state index in [2.05, 4.69) is 27.9 Å². The van der Waals surface area contributed by atoms with Crippen molar-refractivity contribution in [1.29, 1.82) is 0 Å². The second-order valence-electron chi connectivity index (χ2n) is 4.47. The molecule has 0 unspecified atom stereocenters. The lowest BCUT2D eigenvalue weighted by molar-refractivity contribution is -0.385. The van der Waals surface area contributed by atoms with Crippen LogP contribution in [0.3, 0.4) is 0 Å². The first-order chi connectivity index (χ1) is 10.1. The van der Waals surface area contributed by atoms with E-state index in [9.17, 15) is 14.9 Å². The van der Waals surface area contributed by atoms with Crippen LogP contribution in [0.1, 0.15) is 36.0 Å². The van der Waals surface area contributed by atoms with Crippen LogP contribution < -0.4 is 10.1 Å². The molecule has 1 rings (SSSR count). The Balaban J connectivity index is 2.62. The van der Waals surface area contributed by atoms with Crippen molar-refractivity contribution in [2.75, 3.05) is 18.1 Å². The number of nitro groups is 1. The normalized spacial score (nSPS) is 10.2. The number of hydrogen-bond acceptors (Lipinski definition) is 4. The van der Waals surface area contributed by atoms with Crippen LogP contribution in [0.4, 0.5) is 5.69 Å². The molecule has 0 aliphatic carbocycles. The molecule has 0 bridgehead atoms. The zero-order chi connectivity index (χ0) is 15.7. The fourth-order valence-corrected chi connectivity index (χ4v) is 2.47. The number of amides is 1. The summed E-state index contributed by atoms with van der Waals surface area (Å²) >= 11 is 2.34. The highest BCUT2D eigenvalue weighted by Crippen LogP contribution is 2.30. The number of methoxy groups -OCH3 is 1. The molecular formula is C14H19IN2O4. The van der Waals surface area contributed by atoms with Crippen molar-refractivity contribution >= 4 is 34.2 Å². The van der Waals surface area contributed by atoms with Crippen molar-refractivity contribution in [3.63, 3.8) is 0 Å². The molecule has 0 aliphatic heterocycles. The fourth-order valence-electron chi connectivity index (χ4n) is 1.93. The van der Waals surface area contributed by atoms with Gasteiger partial charge in [-0.1, -0.05) is 41.5 Å². The minimum absolute atomic E-state index is 0.00455. The van der Waals surface area contributed by atoms with E-state index in [-0.39, 0.29) is 22.9 Å². The fraction of sp³-hybridized carbons (Fsp3) is 0.500. The summed E-state index contributed by atoms with van der Waals surface area (Å²) in [5.41, 5.74) is -0.00819. The van der Waals surface area contributed by atoms with E-state index in [4.69, 9.17) is 4.74 Å². The quantitative estimate of drug-likeness (QED) is 0.224. The van der Waals surface area contributed by atoms with Gasteiger partial charge < -0.3 is 10.1 Å². The number of hydrogen-bond donors (Lipinski definition) is 1. The maximum absolute atomic E-state index is 12.1. The minimum Gasteiger partial charge on any atom is -0.490 e. The molecular weight excluding hydrogens is 387 g/mol. The van der Waals surface area contributed by atoms with E-state index < -0.39 is 4.92 Å². The number of alkyl halides is 1. The van der Waals surface area contributed by atoms with Gasteiger partial charge in [-0.05, 0) is 23.3 Å². The number of benzene rings is 1. The van der Waals surface area contributed by atoms with Gasteiger partial charge in [0.2, 0.25) is 5.75 Å². The second kappa shape index (κ2) is 9.54. The summed E-state index contributed by atoms with van der Waals surface area (Å²) in [6.07, 6.45) is 4.31. The second-order valence-corrected chi connectivity index (χ2v) is 5.55. The highest BCUT2D eigenvalue weighted by molar-refractivity contribution is 14.1. The predicted molar refractivity (Wildman–Crippen MR) is 89.3 cm³/mol. The first-order valence-electron chi connectivity index (χ1n) is 6.77. The zero-order valence-electron chi connectivity index (χ0n) is 11.9. The van der Waals surface area contributed by atoms with Crippen LogP contribution >= 0.6 is 22.6 Å². The summed E-state index contributed by atoms with van der Waals surface area (Å²) < 4.78 is 6.16. The van der Waals surface area contributed by atoms with E-state index in [0.29, 0.717) is 6.54 Å². The highest BCUT2D eigenvalue weighted by Gasteiger charge is 2.22. The first kappa shape index (κ1) is 17.7. The Hall–Kier alpha value is -1.38. The summed E-state index contributed by atoms with van der Waals surface area (Å²) in [6.45, 7) is 0.561. The summed E-state index contributed by atoms with van der Waals surface area (Å²) in [7, 11) is 1.32. The molecule has 1 amide bonds. The standard InChI is InChI=1S/C14H19IN2O4/c1-21-13-11(7-6-8-12(13)17(19)20)14(18)16-10-5-3-2-4-9-15/h6-8H,2-5,9-10H2,1H3,(H,16,18). The molecule has 7 heteroatoms. The SMILES string of the molecule is COc1c(C(=O)NCCCCCCI)cccc1[N+](=O)[O-]. The Bertz CT molecular complexity index is 494. The largest absolute Gasteiger partial charge is 0.490 e. The molecule has 116 valence electrons. The zero-order valence-corrected chi connectivity index (χ0v) is 14.1. The first-order valence-corrected chi connectivity index (χ1v) is 8.30. The van der Waals surface area contributed by atoms with Crippen molar-refractivity contribution in [1.82, 2.24) is 5.32 Å². The van der Waals surface area contributed by atoms with Crippen LogP contribution in [0.5, 0.6) is 5.75 Å². The van der Waals surface area contributed by atoms with Gasteiger partial charge in [-0.2, -0.15) is 0 Å². The number of nitrogens with one attached hydrogen (secondary N) is 1. The highest BCUT2D eigenvalue weighted by atomic mass is 127. The van der Waals surface area contributed by atoms with Crippen LogP contribution in [-0.4, -0.2) is 28.9 Å². The van der Waals surface area contributed by atoms with Crippen LogP contribution in [0.15, 0.2) is 18.2 Å². The molecule has 0 saturated carbocycles. The van der Waals surface area contributed by atoms with Crippen molar-refractivity contribution in [2.45, 2.75) is 25.7 Å². The van der Waals surface area contributed by atoms with Gasteiger partial charge >= 0.3 is 5.69 Å². The smallest absolute Gasteiger partial charge is 0.311 e. The number of unbranched alkanes of at least 4 members (excludes halogenated alkanes) is 3. The third-order valence-electron chi connectivity index (χ3n) is 2.99. The minimum atomic E-state index is -0.556. The number of carbonyl (C=O) groups is 1. The topological polar surface area (TPSA) is 81.5 Å². The Kier molecular flexibility index (Phi) is 8.03. The number of nitro benzene ring substituents is 1. The van der Waals surface area contributed by atoms with Crippen molar-refractivity contribution in [3.05, 3.63) is 33.9 Å². The van der Waals surface area contributed by atoms with E-state index in [0.717, 1.165) is 23.7 Å². The molecule has 0 heterocycles. The number of ether oxygens (including phenoxy) is 1. The van der Waals surface area contributed by atoms with Gasteiger partial charge in [-0.15, -0.1) is 0 Å². The molecule has 1 N–H and O–H groups in total. The van der Waals surface area contributed by atoms with Gasteiger partial charge in [0.1, 0.15) is 0 Å². The Morgan fingerprint density at radius 1 is 1.33 bits per heavy atom. The number of rotatable bonds is 9. The van der Waals surface area contributed by atoms with E-state index in [1.54, 1.807) is 0 Å². The van der Waals surface area contributed by atoms with Crippen molar-refractivity contribution in [2.24, 2.45) is 0 Å². The maximum atomic E-state index is 12.1. The number of halogens is 1. The Labute approximate surface area is 137 Å². The predicted octanol–water partition coefficient (Wildman–Crippen LogP) is 3.33. The van der Waals surface area contributed by atoms with Gasteiger partial charge in [0.15, 0.2) is 0 Å². The lowest BCUT2D eigenvalue weighted by atomic mass is 10.1. The maximum Gasteiger partial charge on any atom is 0.311 e. The van der Waals surface area contributed by atoms with Crippen molar-refractivity contribution in [3.8, 4) is 5.75 Å². The lowest BCUT2D eigenvalue weighted by Gasteiger charge is -2.09. The summed E-state index contributed by atoms with van der Waals surface area (Å²) in [5, 5.41) is 13.7. The van der Waals surface area contributed by atoms with E-state index in [1.165, 1.54) is 31.7 Å². The average molecular weight is 406 g/mol. The van der Waals surface area contributed by atoms with Gasteiger partial charge in [0.25, 0.3) is 5.91 Å². The van der Waals surface area contributed by atoms with Gasteiger partial charge in [-0.25, -0.2) is 0 Å². The van der Waals surface area contributed by atoms with Crippen LogP contribution in [0.25, 0.3) is 0 Å². The van der Waals surface area contributed by atoms with Gasteiger partial charge in [-0.3, -0.25) is 14.9 Å². The molecule has 0 fully saturated rings. The summed E-state index contributed by atoms with van der Waals surface area (Å²) in [5.74, 6) is -0.339. The molecule has 1 aromatic rings. The molecule has 0 atom stereocenters. The Morgan fingerprint density at radius 2 is 2.05 bits per heavy atom. The van der Waals surface area contributed by atoms with Crippen LogP contribution in [-0.2, 0) is 0 Å². The van der Waals surface area contributed by atoms with E-state index in [1.807, 2.05) is 0 Å². The van der Waals surface area contributed by atoms with Gasteiger partial charge in [0, 0.05) is 12.6 Å². The number of nitrogens with zero attached hydrogens (tertiary/aromatic N) is 1. The molecule has 0 aliphatic rings. The molecule has 6 nitrogen and oxygen atoms in total. The molecule has 1 aromatic carbocycles.